The van der Waals surface area contributed by atoms with Gasteiger partial charge in [-0.2, -0.15) is 0 Å². The Kier molecular flexibility index (Phi) is 3.69. The summed E-state index contributed by atoms with van der Waals surface area (Å²) >= 11 is 0. The summed E-state index contributed by atoms with van der Waals surface area (Å²) in [5.74, 6) is 0. The van der Waals surface area contributed by atoms with E-state index in [1.807, 2.05) is 17.0 Å². The SMILES string of the molecule is CCCn1ccc2cc3c(cc21)CCN3C(=O)Nc1cccnc1. The maximum atomic E-state index is 12.6. The lowest BCUT2D eigenvalue weighted by atomic mass is 10.1. The number of rotatable bonds is 3. The molecule has 0 bridgehead atoms. The topological polar surface area (TPSA) is 50.2 Å². The van der Waals surface area contributed by atoms with Crippen LogP contribution in [0.25, 0.3) is 10.9 Å². The normalized spacial score (nSPS) is 13.3. The molecule has 2 aromatic heterocycles. The maximum absolute atomic E-state index is 12.6. The van der Waals surface area contributed by atoms with Crippen LogP contribution in [-0.4, -0.2) is 22.1 Å². The number of urea groups is 1. The van der Waals surface area contributed by atoms with Gasteiger partial charge in [-0.3, -0.25) is 9.88 Å². The number of carbonyl (C=O) groups is 1. The summed E-state index contributed by atoms with van der Waals surface area (Å²) in [4.78, 5) is 18.5. The van der Waals surface area contributed by atoms with Gasteiger partial charge in [0.25, 0.3) is 0 Å². The lowest BCUT2D eigenvalue weighted by Gasteiger charge is -2.18. The number of aromatic nitrogens is 2. The summed E-state index contributed by atoms with van der Waals surface area (Å²) in [7, 11) is 0. The zero-order valence-electron chi connectivity index (χ0n) is 13.7. The van der Waals surface area contributed by atoms with E-state index >= 15 is 0 Å². The molecule has 3 heterocycles. The van der Waals surface area contributed by atoms with Crippen molar-refractivity contribution in [1.29, 1.82) is 0 Å². The largest absolute Gasteiger partial charge is 0.347 e. The van der Waals surface area contributed by atoms with Crippen LogP contribution in [-0.2, 0) is 13.0 Å². The second-order valence-corrected chi connectivity index (χ2v) is 6.12. The number of hydrogen-bond acceptors (Lipinski definition) is 2. The van der Waals surface area contributed by atoms with Gasteiger partial charge in [-0.25, -0.2) is 4.79 Å². The Morgan fingerprint density at radius 2 is 2.25 bits per heavy atom. The van der Waals surface area contributed by atoms with Crippen molar-refractivity contribution in [2.45, 2.75) is 26.3 Å². The minimum Gasteiger partial charge on any atom is -0.347 e. The fraction of sp³-hybridized carbons (Fsp3) is 0.263. The average Bonchev–Trinajstić information content (AvgIpc) is 3.18. The van der Waals surface area contributed by atoms with Gasteiger partial charge in [0.15, 0.2) is 0 Å². The van der Waals surface area contributed by atoms with Gasteiger partial charge in [0.2, 0.25) is 0 Å². The summed E-state index contributed by atoms with van der Waals surface area (Å²) in [6.07, 6.45) is 7.48. The summed E-state index contributed by atoms with van der Waals surface area (Å²) < 4.78 is 2.29. The number of aryl methyl sites for hydroxylation is 1. The molecule has 1 aliphatic rings. The Hall–Kier alpha value is -2.82. The Balaban J connectivity index is 1.63. The number of carbonyl (C=O) groups excluding carboxylic acids is 1. The smallest absolute Gasteiger partial charge is 0.326 e. The molecule has 5 nitrogen and oxygen atoms in total. The molecule has 0 atom stereocenters. The predicted molar refractivity (Wildman–Crippen MR) is 96.5 cm³/mol. The molecule has 2 amide bonds. The fourth-order valence-corrected chi connectivity index (χ4v) is 3.35. The molecular formula is C19H20N4O. The van der Waals surface area contributed by atoms with Crippen molar-refractivity contribution in [3.63, 3.8) is 0 Å². The van der Waals surface area contributed by atoms with Crippen molar-refractivity contribution in [2.24, 2.45) is 0 Å². The van der Waals surface area contributed by atoms with E-state index in [2.05, 4.69) is 46.2 Å². The van der Waals surface area contributed by atoms with Crippen LogP contribution >= 0.6 is 0 Å². The summed E-state index contributed by atoms with van der Waals surface area (Å²) in [6, 6.07) is 10.0. The Morgan fingerprint density at radius 1 is 1.33 bits per heavy atom. The highest BCUT2D eigenvalue weighted by molar-refractivity contribution is 6.04. The molecule has 4 rings (SSSR count). The quantitative estimate of drug-likeness (QED) is 0.792. The van der Waals surface area contributed by atoms with Gasteiger partial charge in [0.05, 0.1) is 11.9 Å². The Morgan fingerprint density at radius 3 is 3.04 bits per heavy atom. The number of anilines is 2. The molecule has 0 saturated heterocycles. The van der Waals surface area contributed by atoms with E-state index in [9.17, 15) is 4.79 Å². The van der Waals surface area contributed by atoms with Crippen molar-refractivity contribution < 1.29 is 4.79 Å². The molecule has 0 spiro atoms. The molecule has 24 heavy (non-hydrogen) atoms. The Bertz CT molecular complexity index is 885. The zero-order valence-corrected chi connectivity index (χ0v) is 13.7. The molecule has 1 aromatic carbocycles. The number of benzene rings is 1. The fourth-order valence-electron chi connectivity index (χ4n) is 3.35. The zero-order chi connectivity index (χ0) is 16.5. The van der Waals surface area contributed by atoms with Gasteiger partial charge >= 0.3 is 6.03 Å². The third-order valence-electron chi connectivity index (χ3n) is 4.49. The van der Waals surface area contributed by atoms with Crippen molar-refractivity contribution >= 4 is 28.3 Å². The molecular weight excluding hydrogens is 300 g/mol. The van der Waals surface area contributed by atoms with Crippen LogP contribution in [0.3, 0.4) is 0 Å². The van der Waals surface area contributed by atoms with Gasteiger partial charge in [-0.15, -0.1) is 0 Å². The van der Waals surface area contributed by atoms with Crippen LogP contribution in [0.2, 0.25) is 0 Å². The van der Waals surface area contributed by atoms with E-state index in [0.29, 0.717) is 12.2 Å². The average molecular weight is 320 g/mol. The summed E-state index contributed by atoms with van der Waals surface area (Å²) in [5.41, 5.74) is 4.22. The Labute approximate surface area is 140 Å². The summed E-state index contributed by atoms with van der Waals surface area (Å²) in [5, 5.41) is 4.10. The van der Waals surface area contributed by atoms with E-state index in [0.717, 1.165) is 25.1 Å². The minimum atomic E-state index is -0.103. The molecule has 0 aliphatic carbocycles. The molecule has 0 unspecified atom stereocenters. The van der Waals surface area contributed by atoms with Crippen molar-refractivity contribution in [3.8, 4) is 0 Å². The number of hydrogen-bond donors (Lipinski definition) is 1. The van der Waals surface area contributed by atoms with E-state index in [4.69, 9.17) is 0 Å². The highest BCUT2D eigenvalue weighted by atomic mass is 16.2. The maximum Gasteiger partial charge on any atom is 0.326 e. The van der Waals surface area contributed by atoms with E-state index in [1.165, 1.54) is 16.5 Å². The van der Waals surface area contributed by atoms with Gasteiger partial charge in [0.1, 0.15) is 0 Å². The van der Waals surface area contributed by atoms with E-state index < -0.39 is 0 Å². The van der Waals surface area contributed by atoms with Crippen molar-refractivity contribution in [1.82, 2.24) is 9.55 Å². The molecule has 1 N–H and O–H groups in total. The third kappa shape index (κ3) is 2.52. The molecule has 122 valence electrons. The summed E-state index contributed by atoms with van der Waals surface area (Å²) in [6.45, 7) is 3.92. The van der Waals surface area contributed by atoms with Crippen molar-refractivity contribution in [2.75, 3.05) is 16.8 Å². The predicted octanol–water partition coefficient (Wildman–Crippen LogP) is 4.04. The second kappa shape index (κ2) is 6.00. The van der Waals surface area contributed by atoms with Gasteiger partial charge in [0, 0.05) is 42.1 Å². The first-order chi connectivity index (χ1) is 11.8. The number of amides is 2. The minimum absolute atomic E-state index is 0.103. The highest BCUT2D eigenvalue weighted by Crippen LogP contribution is 2.33. The van der Waals surface area contributed by atoms with Crippen LogP contribution in [0, 0.1) is 0 Å². The first kappa shape index (κ1) is 14.8. The number of fused-ring (bicyclic) bond motifs is 2. The van der Waals surface area contributed by atoms with Crippen LogP contribution < -0.4 is 10.2 Å². The van der Waals surface area contributed by atoms with Crippen LogP contribution in [0.15, 0.2) is 48.9 Å². The highest BCUT2D eigenvalue weighted by Gasteiger charge is 2.25. The second-order valence-electron chi connectivity index (χ2n) is 6.12. The molecule has 0 fully saturated rings. The first-order valence-electron chi connectivity index (χ1n) is 8.36. The van der Waals surface area contributed by atoms with Crippen LogP contribution in [0.4, 0.5) is 16.2 Å². The van der Waals surface area contributed by atoms with E-state index in [-0.39, 0.29) is 6.03 Å². The molecule has 3 aromatic rings. The van der Waals surface area contributed by atoms with Gasteiger partial charge in [-0.1, -0.05) is 6.92 Å². The van der Waals surface area contributed by atoms with Gasteiger partial charge in [-0.05, 0) is 48.7 Å². The van der Waals surface area contributed by atoms with Gasteiger partial charge < -0.3 is 9.88 Å². The molecule has 5 heteroatoms. The number of nitrogens with one attached hydrogen (secondary N) is 1. The lowest BCUT2D eigenvalue weighted by molar-refractivity contribution is 0.257. The molecule has 1 aliphatic heterocycles. The lowest BCUT2D eigenvalue weighted by Crippen LogP contribution is -2.33. The monoisotopic (exact) mass is 320 g/mol. The first-order valence-corrected chi connectivity index (χ1v) is 8.36. The third-order valence-corrected chi connectivity index (χ3v) is 4.49. The number of pyridine rings is 1. The van der Waals surface area contributed by atoms with E-state index in [1.54, 1.807) is 12.4 Å². The van der Waals surface area contributed by atoms with Crippen molar-refractivity contribution in [3.05, 3.63) is 54.5 Å². The van der Waals surface area contributed by atoms with Crippen LogP contribution in [0.1, 0.15) is 18.9 Å². The number of nitrogens with zero attached hydrogens (tertiary/aromatic N) is 3. The van der Waals surface area contributed by atoms with Crippen LogP contribution in [0.5, 0.6) is 0 Å². The molecule has 0 radical (unpaired) electrons. The molecule has 0 saturated carbocycles. The standard InChI is InChI=1S/C19H20N4O/c1-2-8-22-9-5-14-12-18-15(11-17(14)22)6-10-23(18)19(24)21-16-4-3-7-20-13-16/h3-5,7,9,11-13H,2,6,8,10H2,1H3,(H,21,24).